The van der Waals surface area contributed by atoms with Gasteiger partial charge in [-0.05, 0) is 25.7 Å². The minimum atomic E-state index is 0.260. The summed E-state index contributed by atoms with van der Waals surface area (Å²) in [4.78, 5) is 23.7. The van der Waals surface area contributed by atoms with E-state index in [0.717, 1.165) is 62.4 Å². The van der Waals surface area contributed by atoms with Crippen LogP contribution in [-0.4, -0.2) is 123 Å². The molecule has 0 radical (unpaired) electrons. The highest BCUT2D eigenvalue weighted by Gasteiger charge is 2.27. The molecule has 0 aromatic carbocycles. The van der Waals surface area contributed by atoms with Crippen molar-refractivity contribution in [3.05, 3.63) is 0 Å². The second-order valence-corrected chi connectivity index (χ2v) is 10.0. The molecule has 0 fully saturated rings. The average Bonchev–Trinajstić information content (AvgIpc) is 3.70. The molecule has 10 heteroatoms. The number of nitrogens with zero attached hydrogens (tertiary/aromatic N) is 6. The highest BCUT2D eigenvalue weighted by molar-refractivity contribution is 5.83. The second kappa shape index (κ2) is 13.4. The van der Waals surface area contributed by atoms with Crippen molar-refractivity contribution in [3.63, 3.8) is 0 Å². The van der Waals surface area contributed by atoms with E-state index >= 15 is 0 Å². The third-order valence-electron chi connectivity index (χ3n) is 7.13. The van der Waals surface area contributed by atoms with E-state index in [-0.39, 0.29) is 24.2 Å². The van der Waals surface area contributed by atoms with Crippen molar-refractivity contribution in [1.29, 1.82) is 0 Å². The Morgan fingerprint density at radius 2 is 0.750 bits per heavy atom. The van der Waals surface area contributed by atoms with Crippen molar-refractivity contribution in [1.82, 2.24) is 9.80 Å². The van der Waals surface area contributed by atoms with Gasteiger partial charge in [-0.1, -0.05) is 27.7 Å². The summed E-state index contributed by atoms with van der Waals surface area (Å²) in [5.41, 5.74) is 0. The van der Waals surface area contributed by atoms with Crippen LogP contribution >= 0.6 is 0 Å². The van der Waals surface area contributed by atoms with Crippen LogP contribution in [0.4, 0.5) is 0 Å². The van der Waals surface area contributed by atoms with Crippen LogP contribution in [0.3, 0.4) is 0 Å². The van der Waals surface area contributed by atoms with Crippen molar-refractivity contribution in [3.8, 4) is 0 Å². The quantitative estimate of drug-likeness (QED) is 0.340. The summed E-state index contributed by atoms with van der Waals surface area (Å²) < 4.78 is 23.6. The van der Waals surface area contributed by atoms with Crippen LogP contribution in [0.1, 0.15) is 53.4 Å². The largest absolute Gasteiger partial charge is 0.478 e. The van der Waals surface area contributed by atoms with Gasteiger partial charge in [0.2, 0.25) is 0 Å². The Kier molecular flexibility index (Phi) is 9.98. The van der Waals surface area contributed by atoms with Gasteiger partial charge >= 0.3 is 0 Å². The van der Waals surface area contributed by atoms with Crippen LogP contribution in [0.25, 0.3) is 0 Å². The molecular weight excluding hydrogens is 460 g/mol. The molecule has 0 aromatic heterocycles. The first kappa shape index (κ1) is 26.9. The van der Waals surface area contributed by atoms with Gasteiger partial charge < -0.3 is 18.9 Å². The molecular formula is C26H44N6O4. The van der Waals surface area contributed by atoms with Crippen LogP contribution < -0.4 is 0 Å². The molecule has 0 spiro atoms. The van der Waals surface area contributed by atoms with Gasteiger partial charge in [0.15, 0.2) is 23.6 Å². The fourth-order valence-electron chi connectivity index (χ4n) is 4.54. The zero-order valence-corrected chi connectivity index (χ0v) is 22.5. The van der Waals surface area contributed by atoms with Crippen LogP contribution in [-0.2, 0) is 18.9 Å². The standard InChI is InChI=1S/C26H44N6O4/c1-5-19-15-33-23(27-19)11-31(12-24-28-20(6-2)16-34-24)9-10-32(13-25-29-21(7-3)17-35-25)14-26-30-22(8-4)18-36-26/h19-22H,5-18H2,1-4H3/t19-,20-,21-,22-/m0/s1. The highest BCUT2D eigenvalue weighted by Crippen LogP contribution is 2.14. The molecule has 0 aromatic rings. The van der Waals surface area contributed by atoms with E-state index in [0.29, 0.717) is 52.6 Å². The molecule has 0 saturated carbocycles. The lowest BCUT2D eigenvalue weighted by atomic mass is 10.3. The molecule has 36 heavy (non-hydrogen) atoms. The maximum atomic E-state index is 5.90. The Balaban J connectivity index is 1.42. The molecule has 0 bridgehead atoms. The summed E-state index contributed by atoms with van der Waals surface area (Å²) in [6, 6.07) is 1.04. The van der Waals surface area contributed by atoms with Crippen LogP contribution in [0.5, 0.6) is 0 Å². The molecule has 0 amide bonds. The van der Waals surface area contributed by atoms with Gasteiger partial charge in [0.05, 0.1) is 50.3 Å². The fraction of sp³-hybridized carbons (Fsp3) is 0.846. The van der Waals surface area contributed by atoms with Gasteiger partial charge in [-0.2, -0.15) is 0 Å². The van der Waals surface area contributed by atoms with Crippen molar-refractivity contribution in [2.75, 3.05) is 65.7 Å². The maximum absolute atomic E-state index is 5.90. The van der Waals surface area contributed by atoms with E-state index in [1.807, 2.05) is 0 Å². The van der Waals surface area contributed by atoms with Gasteiger partial charge in [-0.15, -0.1) is 0 Å². The van der Waals surface area contributed by atoms with E-state index in [4.69, 9.17) is 38.9 Å². The van der Waals surface area contributed by atoms with Crippen molar-refractivity contribution < 1.29 is 18.9 Å². The van der Waals surface area contributed by atoms with Crippen molar-refractivity contribution in [2.24, 2.45) is 20.0 Å². The molecule has 0 saturated heterocycles. The molecule has 4 atom stereocenters. The number of aliphatic imine (C=N–C) groups is 4. The summed E-state index contributed by atoms with van der Waals surface area (Å²) in [5.74, 6) is 3.23. The first-order valence-electron chi connectivity index (χ1n) is 13.8. The lowest BCUT2D eigenvalue weighted by Crippen LogP contribution is -2.43. The van der Waals surface area contributed by atoms with Gasteiger partial charge in [0.1, 0.15) is 26.4 Å². The Morgan fingerprint density at radius 1 is 0.500 bits per heavy atom. The lowest BCUT2D eigenvalue weighted by molar-refractivity contribution is 0.219. The monoisotopic (exact) mass is 504 g/mol. The molecule has 0 aliphatic carbocycles. The zero-order chi connectivity index (χ0) is 25.3. The predicted octanol–water partition coefficient (Wildman–Crippen LogP) is 2.42. The summed E-state index contributed by atoms with van der Waals surface area (Å²) in [5, 5.41) is 0. The predicted molar refractivity (Wildman–Crippen MR) is 143 cm³/mol. The lowest BCUT2D eigenvalue weighted by Gasteiger charge is -2.27. The Morgan fingerprint density at radius 3 is 0.944 bits per heavy atom. The van der Waals surface area contributed by atoms with E-state index in [9.17, 15) is 0 Å². The normalized spacial score (nSPS) is 27.4. The van der Waals surface area contributed by atoms with E-state index < -0.39 is 0 Å². The van der Waals surface area contributed by atoms with E-state index in [1.54, 1.807) is 0 Å². The molecule has 4 aliphatic heterocycles. The van der Waals surface area contributed by atoms with E-state index in [2.05, 4.69) is 37.5 Å². The third kappa shape index (κ3) is 7.65. The molecule has 4 aliphatic rings. The van der Waals surface area contributed by atoms with Gasteiger partial charge in [-0.3, -0.25) is 9.80 Å². The van der Waals surface area contributed by atoms with Crippen LogP contribution in [0, 0.1) is 0 Å². The maximum Gasteiger partial charge on any atom is 0.198 e. The molecule has 0 N–H and O–H groups in total. The van der Waals surface area contributed by atoms with Gasteiger partial charge in [-0.25, -0.2) is 20.0 Å². The van der Waals surface area contributed by atoms with Crippen LogP contribution in [0.15, 0.2) is 20.0 Å². The molecule has 4 rings (SSSR count). The molecule has 4 heterocycles. The highest BCUT2D eigenvalue weighted by atomic mass is 16.5. The second-order valence-electron chi connectivity index (χ2n) is 10.0. The first-order chi connectivity index (χ1) is 17.6. The van der Waals surface area contributed by atoms with Crippen molar-refractivity contribution in [2.45, 2.75) is 77.5 Å². The Bertz CT molecular complexity index is 712. The number of hydrogen-bond donors (Lipinski definition) is 0. The SMILES string of the molecule is CC[C@H]1COC(CN(CCN(CC2=N[C@@H](CC)CO2)CC2=N[C@@H](CC)CO2)CC2=N[C@@H](CC)CO2)=N1. The van der Waals surface area contributed by atoms with Crippen molar-refractivity contribution >= 4 is 23.6 Å². The minimum absolute atomic E-state index is 0.260. The number of hydrogen-bond acceptors (Lipinski definition) is 10. The Labute approximate surface area is 215 Å². The average molecular weight is 505 g/mol. The topological polar surface area (TPSA) is 92.8 Å². The van der Waals surface area contributed by atoms with E-state index in [1.165, 1.54) is 0 Å². The van der Waals surface area contributed by atoms with Crippen LogP contribution in [0.2, 0.25) is 0 Å². The third-order valence-corrected chi connectivity index (χ3v) is 7.13. The van der Waals surface area contributed by atoms with Gasteiger partial charge in [0.25, 0.3) is 0 Å². The minimum Gasteiger partial charge on any atom is -0.478 e. The smallest absolute Gasteiger partial charge is 0.198 e. The zero-order valence-electron chi connectivity index (χ0n) is 22.5. The number of rotatable bonds is 15. The molecule has 202 valence electrons. The molecule has 10 nitrogen and oxygen atoms in total. The number of ether oxygens (including phenoxy) is 4. The summed E-state index contributed by atoms with van der Waals surface area (Å²) >= 11 is 0. The summed E-state index contributed by atoms with van der Waals surface area (Å²) in [7, 11) is 0. The summed E-state index contributed by atoms with van der Waals surface area (Å²) in [6.07, 6.45) is 3.97. The van der Waals surface area contributed by atoms with Gasteiger partial charge in [0, 0.05) is 13.1 Å². The molecule has 0 unspecified atom stereocenters. The fourth-order valence-corrected chi connectivity index (χ4v) is 4.54. The Hall–Kier alpha value is -2.20. The first-order valence-corrected chi connectivity index (χ1v) is 13.8. The summed E-state index contributed by atoms with van der Waals surface area (Å²) in [6.45, 7) is 15.5.